The molecule has 0 aromatic heterocycles. The van der Waals surface area contributed by atoms with Crippen LogP contribution in [-0.2, 0) is 11.2 Å². The zero-order chi connectivity index (χ0) is 15.1. The van der Waals surface area contributed by atoms with Crippen molar-refractivity contribution in [1.29, 1.82) is 0 Å². The van der Waals surface area contributed by atoms with E-state index in [-0.39, 0.29) is 30.7 Å². The van der Waals surface area contributed by atoms with Gasteiger partial charge in [0.05, 0.1) is 0 Å². The van der Waals surface area contributed by atoms with Crippen molar-refractivity contribution in [1.82, 2.24) is 10.2 Å². The maximum absolute atomic E-state index is 11.9. The Labute approximate surface area is 152 Å². The number of carbonyl (C=O) groups excluding carboxylic acids is 1. The van der Waals surface area contributed by atoms with E-state index in [2.05, 4.69) is 17.1 Å². The molecule has 0 radical (unpaired) electrons. The average molecular weight is 362 g/mol. The van der Waals surface area contributed by atoms with Crippen LogP contribution in [0.5, 0.6) is 0 Å². The van der Waals surface area contributed by atoms with Crippen LogP contribution < -0.4 is 11.1 Å². The fourth-order valence-electron chi connectivity index (χ4n) is 2.86. The Morgan fingerprint density at radius 2 is 1.91 bits per heavy atom. The molecule has 1 aliphatic heterocycles. The fourth-order valence-corrected chi connectivity index (χ4v) is 2.86. The summed E-state index contributed by atoms with van der Waals surface area (Å²) in [6.45, 7) is 6.48. The lowest BCUT2D eigenvalue weighted by Gasteiger charge is -2.20. The molecule has 1 amide bonds. The Balaban J connectivity index is 0.00000242. The monoisotopic (exact) mass is 361 g/mol. The van der Waals surface area contributed by atoms with Crippen LogP contribution in [-0.4, -0.2) is 37.0 Å². The highest BCUT2D eigenvalue weighted by Gasteiger charge is 2.15. The Morgan fingerprint density at radius 3 is 2.57 bits per heavy atom. The van der Waals surface area contributed by atoms with Gasteiger partial charge in [0.1, 0.15) is 0 Å². The maximum atomic E-state index is 11.9. The summed E-state index contributed by atoms with van der Waals surface area (Å²) < 4.78 is 0. The highest BCUT2D eigenvalue weighted by atomic mass is 35.5. The van der Waals surface area contributed by atoms with Gasteiger partial charge in [-0.2, -0.15) is 0 Å². The molecule has 0 aliphatic carbocycles. The van der Waals surface area contributed by atoms with Gasteiger partial charge in [0.2, 0.25) is 5.91 Å². The number of nitrogens with one attached hydrogen (secondary N) is 1. The molecule has 0 spiro atoms. The number of nitrogens with two attached hydrogens (primary N) is 1. The number of rotatable bonds is 7. The van der Waals surface area contributed by atoms with Gasteiger partial charge in [0.15, 0.2) is 0 Å². The number of nitrogen functional groups attached to an aromatic ring is 1. The maximum Gasteiger partial charge on any atom is 0.220 e. The molecular weight excluding hydrogens is 333 g/mol. The highest BCUT2D eigenvalue weighted by Crippen LogP contribution is 2.13. The molecule has 1 unspecified atom stereocenters. The largest absolute Gasteiger partial charge is 0.399 e. The summed E-state index contributed by atoms with van der Waals surface area (Å²) in [5.41, 5.74) is 7.71. The van der Waals surface area contributed by atoms with Gasteiger partial charge in [-0.15, -0.1) is 24.8 Å². The first kappa shape index (κ1) is 22.0. The first-order valence-electron chi connectivity index (χ1n) is 7.97. The van der Waals surface area contributed by atoms with E-state index in [4.69, 9.17) is 5.73 Å². The molecule has 4 nitrogen and oxygen atoms in total. The number of hydrogen-bond acceptors (Lipinski definition) is 3. The smallest absolute Gasteiger partial charge is 0.220 e. The van der Waals surface area contributed by atoms with E-state index in [9.17, 15) is 4.79 Å². The SMILES string of the molecule is CC(CNC(=O)CCc1ccccc1N)CN1CCCC1.Cl.Cl. The third-order valence-corrected chi connectivity index (χ3v) is 4.09. The lowest BCUT2D eigenvalue weighted by Crippen LogP contribution is -2.34. The third-order valence-electron chi connectivity index (χ3n) is 4.09. The van der Waals surface area contributed by atoms with E-state index in [0.29, 0.717) is 18.8 Å². The van der Waals surface area contributed by atoms with Gasteiger partial charge in [-0.25, -0.2) is 0 Å². The second-order valence-corrected chi connectivity index (χ2v) is 6.12. The summed E-state index contributed by atoms with van der Waals surface area (Å²) in [5.74, 6) is 0.625. The van der Waals surface area contributed by atoms with E-state index >= 15 is 0 Å². The summed E-state index contributed by atoms with van der Waals surface area (Å²) >= 11 is 0. The summed E-state index contributed by atoms with van der Waals surface area (Å²) in [5, 5.41) is 3.04. The van der Waals surface area contributed by atoms with Crippen LogP contribution in [0.25, 0.3) is 0 Å². The van der Waals surface area contributed by atoms with Crippen molar-refractivity contribution in [3.05, 3.63) is 29.8 Å². The zero-order valence-electron chi connectivity index (χ0n) is 13.8. The van der Waals surface area contributed by atoms with Gasteiger partial charge in [-0.05, 0) is 49.9 Å². The summed E-state index contributed by atoms with van der Waals surface area (Å²) in [4.78, 5) is 14.4. The Bertz CT molecular complexity index is 465. The topological polar surface area (TPSA) is 58.4 Å². The Hall–Kier alpha value is -0.970. The number of hydrogen-bond donors (Lipinski definition) is 2. The molecule has 1 saturated heterocycles. The standard InChI is InChI=1S/C17H27N3O.2ClH/c1-14(13-20-10-4-5-11-20)12-19-17(21)9-8-15-6-2-3-7-16(15)18;;/h2-3,6-7,14H,4-5,8-13,18H2,1H3,(H,19,21);2*1H. The number of carbonyl (C=O) groups is 1. The summed E-state index contributed by atoms with van der Waals surface area (Å²) in [6, 6.07) is 7.74. The van der Waals surface area contributed by atoms with Crippen LogP contribution in [0.2, 0.25) is 0 Å². The van der Waals surface area contributed by atoms with Gasteiger partial charge in [0, 0.05) is 25.2 Å². The van der Waals surface area contributed by atoms with Crippen LogP contribution in [0.4, 0.5) is 5.69 Å². The summed E-state index contributed by atoms with van der Waals surface area (Å²) in [7, 11) is 0. The first-order valence-corrected chi connectivity index (χ1v) is 7.97. The molecule has 1 fully saturated rings. The molecule has 1 aromatic carbocycles. The number of nitrogens with zero attached hydrogens (tertiary/aromatic N) is 1. The van der Waals surface area contributed by atoms with Gasteiger partial charge < -0.3 is 16.0 Å². The quantitative estimate of drug-likeness (QED) is 0.734. The molecular formula is C17H29Cl2N3O. The minimum Gasteiger partial charge on any atom is -0.399 e. The van der Waals surface area contributed by atoms with Crippen molar-refractivity contribution < 1.29 is 4.79 Å². The van der Waals surface area contributed by atoms with E-state index in [1.54, 1.807) is 0 Å². The van der Waals surface area contributed by atoms with Gasteiger partial charge in [0.25, 0.3) is 0 Å². The zero-order valence-corrected chi connectivity index (χ0v) is 15.4. The van der Waals surface area contributed by atoms with Gasteiger partial charge in [-0.3, -0.25) is 4.79 Å². The van der Waals surface area contributed by atoms with Crippen molar-refractivity contribution in [2.45, 2.75) is 32.6 Å². The van der Waals surface area contributed by atoms with Crippen LogP contribution in [0.15, 0.2) is 24.3 Å². The molecule has 3 N–H and O–H groups in total. The van der Waals surface area contributed by atoms with Crippen LogP contribution >= 0.6 is 24.8 Å². The predicted octanol–water partition coefficient (Wildman–Crippen LogP) is 2.89. The molecule has 1 heterocycles. The molecule has 1 atom stereocenters. The summed E-state index contributed by atoms with van der Waals surface area (Å²) in [6.07, 6.45) is 3.85. The van der Waals surface area contributed by atoms with Crippen molar-refractivity contribution in [2.24, 2.45) is 5.92 Å². The second kappa shape index (κ2) is 11.5. The minimum absolute atomic E-state index is 0. The van der Waals surface area contributed by atoms with E-state index in [1.807, 2.05) is 24.3 Å². The number of aryl methyl sites for hydroxylation is 1. The average Bonchev–Trinajstić information content (AvgIpc) is 2.97. The minimum atomic E-state index is 0. The van der Waals surface area contributed by atoms with E-state index in [0.717, 1.165) is 24.3 Å². The second-order valence-electron chi connectivity index (χ2n) is 6.12. The molecule has 1 aliphatic rings. The molecule has 0 saturated carbocycles. The molecule has 6 heteroatoms. The van der Waals surface area contributed by atoms with E-state index in [1.165, 1.54) is 25.9 Å². The van der Waals surface area contributed by atoms with Crippen molar-refractivity contribution in [3.63, 3.8) is 0 Å². The number of anilines is 1. The lowest BCUT2D eigenvalue weighted by atomic mass is 10.1. The molecule has 23 heavy (non-hydrogen) atoms. The molecule has 2 rings (SSSR count). The third kappa shape index (κ3) is 7.91. The van der Waals surface area contributed by atoms with Gasteiger partial charge in [-0.1, -0.05) is 25.1 Å². The Kier molecular flexibility index (Phi) is 11.1. The van der Waals surface area contributed by atoms with Gasteiger partial charge >= 0.3 is 0 Å². The molecule has 0 bridgehead atoms. The lowest BCUT2D eigenvalue weighted by molar-refractivity contribution is -0.121. The number of halogens is 2. The predicted molar refractivity (Wildman–Crippen MR) is 102 cm³/mol. The van der Waals surface area contributed by atoms with E-state index < -0.39 is 0 Å². The van der Waals surface area contributed by atoms with Crippen molar-refractivity contribution in [3.8, 4) is 0 Å². The normalized spacial score (nSPS) is 15.3. The number of para-hydroxylation sites is 1. The molecule has 132 valence electrons. The first-order chi connectivity index (χ1) is 10.1. The number of likely N-dealkylation sites (tertiary alicyclic amines) is 1. The van der Waals surface area contributed by atoms with Crippen molar-refractivity contribution >= 4 is 36.4 Å². The number of benzene rings is 1. The van der Waals surface area contributed by atoms with Crippen molar-refractivity contribution in [2.75, 3.05) is 31.9 Å². The molecule has 1 aromatic rings. The number of amides is 1. The fraction of sp³-hybridized carbons (Fsp3) is 0.588. The highest BCUT2D eigenvalue weighted by molar-refractivity contribution is 5.85. The van der Waals surface area contributed by atoms with Crippen LogP contribution in [0.1, 0.15) is 31.7 Å². The Morgan fingerprint density at radius 1 is 1.26 bits per heavy atom. The van der Waals surface area contributed by atoms with Crippen LogP contribution in [0.3, 0.4) is 0 Å². The van der Waals surface area contributed by atoms with Crippen LogP contribution in [0, 0.1) is 5.92 Å².